The molecule has 1 heterocycles. The number of hydrogen-bond donors (Lipinski definition) is 1. The van der Waals surface area contributed by atoms with Crippen LogP contribution in [0.1, 0.15) is 18.2 Å². The smallest absolute Gasteiger partial charge is 0.151 e. The zero-order valence-electron chi connectivity index (χ0n) is 7.72. The van der Waals surface area contributed by atoms with Crippen LogP contribution in [0.15, 0.2) is 28.7 Å². The molecule has 66 valence electrons. The van der Waals surface area contributed by atoms with E-state index >= 15 is 0 Å². The summed E-state index contributed by atoms with van der Waals surface area (Å²) >= 11 is 0. The Bertz CT molecular complexity index is 468. The summed E-state index contributed by atoms with van der Waals surface area (Å²) in [6, 6.07) is 7.86. The number of furan rings is 1. The van der Waals surface area contributed by atoms with Gasteiger partial charge in [0.25, 0.3) is 0 Å². The van der Waals surface area contributed by atoms with Crippen molar-refractivity contribution in [3.05, 3.63) is 35.6 Å². The molecule has 0 spiro atoms. The molecule has 0 atom stereocenters. The van der Waals surface area contributed by atoms with E-state index in [1.54, 1.807) is 6.92 Å². The number of hydrogen-bond acceptors (Lipinski definition) is 2. The van der Waals surface area contributed by atoms with Gasteiger partial charge in [0.2, 0.25) is 0 Å². The lowest BCUT2D eigenvalue weighted by atomic mass is 10.1. The third-order valence-electron chi connectivity index (χ3n) is 2.18. The molecule has 0 unspecified atom stereocenters. The second-order valence-electron chi connectivity index (χ2n) is 3.18. The summed E-state index contributed by atoms with van der Waals surface area (Å²) in [5.74, 6) is 0.696. The maximum Gasteiger partial charge on any atom is 0.151 e. The van der Waals surface area contributed by atoms with E-state index in [0.717, 1.165) is 16.5 Å². The molecule has 13 heavy (non-hydrogen) atoms. The quantitative estimate of drug-likeness (QED) is 0.661. The van der Waals surface area contributed by atoms with Crippen molar-refractivity contribution in [3.63, 3.8) is 0 Å². The second-order valence-corrected chi connectivity index (χ2v) is 3.18. The average Bonchev–Trinajstić information content (AvgIpc) is 2.45. The lowest BCUT2D eigenvalue weighted by molar-refractivity contribution is 0.600. The zero-order valence-corrected chi connectivity index (χ0v) is 7.72. The molecule has 0 fully saturated rings. The Morgan fingerprint density at radius 2 is 2.00 bits per heavy atom. The summed E-state index contributed by atoms with van der Waals surface area (Å²) < 4.78 is 5.54. The molecule has 2 heteroatoms. The second kappa shape index (κ2) is 2.73. The molecule has 0 saturated carbocycles. The number of aryl methyl sites for hydroxylation is 1. The van der Waals surface area contributed by atoms with Crippen LogP contribution in [-0.4, -0.2) is 5.71 Å². The average molecular weight is 173 g/mol. The van der Waals surface area contributed by atoms with E-state index < -0.39 is 0 Å². The van der Waals surface area contributed by atoms with Crippen molar-refractivity contribution in [2.75, 3.05) is 0 Å². The predicted octanol–water partition coefficient (Wildman–Crippen LogP) is 3.13. The molecule has 0 aliphatic carbocycles. The van der Waals surface area contributed by atoms with Gasteiger partial charge in [-0.1, -0.05) is 18.2 Å². The zero-order chi connectivity index (χ0) is 9.42. The largest absolute Gasteiger partial charge is 0.455 e. The maximum atomic E-state index is 7.51. The van der Waals surface area contributed by atoms with Gasteiger partial charge in [-0.05, 0) is 19.9 Å². The van der Waals surface area contributed by atoms with Gasteiger partial charge in [0.1, 0.15) is 5.58 Å². The third kappa shape index (κ3) is 1.15. The van der Waals surface area contributed by atoms with Crippen molar-refractivity contribution >= 4 is 16.7 Å². The summed E-state index contributed by atoms with van der Waals surface area (Å²) in [4.78, 5) is 0. The molecule has 0 bridgehead atoms. The molecular weight excluding hydrogens is 162 g/mol. The normalized spacial score (nSPS) is 10.6. The number of nitrogens with one attached hydrogen (secondary N) is 1. The molecule has 1 aromatic carbocycles. The fourth-order valence-electron chi connectivity index (χ4n) is 1.53. The molecule has 0 saturated heterocycles. The fourth-order valence-corrected chi connectivity index (χ4v) is 1.53. The Morgan fingerprint density at radius 3 is 2.62 bits per heavy atom. The number of benzene rings is 1. The van der Waals surface area contributed by atoms with Gasteiger partial charge in [-0.2, -0.15) is 0 Å². The van der Waals surface area contributed by atoms with E-state index in [-0.39, 0.29) is 0 Å². The maximum absolute atomic E-state index is 7.51. The van der Waals surface area contributed by atoms with E-state index in [9.17, 15) is 0 Å². The van der Waals surface area contributed by atoms with Gasteiger partial charge in [0.05, 0.1) is 5.71 Å². The summed E-state index contributed by atoms with van der Waals surface area (Å²) in [7, 11) is 0. The first kappa shape index (κ1) is 8.05. The first-order valence-electron chi connectivity index (χ1n) is 4.24. The molecule has 0 amide bonds. The monoisotopic (exact) mass is 173 g/mol. The van der Waals surface area contributed by atoms with E-state index in [2.05, 4.69) is 0 Å². The standard InChI is InChI=1S/C11H11NO/c1-7-9-5-3-4-6-10(9)13-11(7)8(2)12/h3-6,12H,1-2H3. The van der Waals surface area contributed by atoms with Crippen LogP contribution in [0.25, 0.3) is 11.0 Å². The van der Waals surface area contributed by atoms with Crippen LogP contribution >= 0.6 is 0 Å². The Morgan fingerprint density at radius 1 is 1.31 bits per heavy atom. The minimum Gasteiger partial charge on any atom is -0.455 e. The van der Waals surface area contributed by atoms with Crippen LogP contribution in [0.5, 0.6) is 0 Å². The van der Waals surface area contributed by atoms with Crippen LogP contribution in [0.2, 0.25) is 0 Å². The number of rotatable bonds is 1. The lowest BCUT2D eigenvalue weighted by Crippen LogP contribution is -1.90. The van der Waals surface area contributed by atoms with Crippen molar-refractivity contribution in [2.45, 2.75) is 13.8 Å². The van der Waals surface area contributed by atoms with Crippen molar-refractivity contribution < 1.29 is 4.42 Å². The summed E-state index contributed by atoms with van der Waals surface area (Å²) in [6.07, 6.45) is 0. The van der Waals surface area contributed by atoms with Crippen molar-refractivity contribution in [2.24, 2.45) is 0 Å². The summed E-state index contributed by atoms with van der Waals surface area (Å²) in [6.45, 7) is 3.73. The molecule has 0 aliphatic rings. The molecule has 0 radical (unpaired) electrons. The molecular formula is C11H11NO. The number of para-hydroxylation sites is 1. The number of fused-ring (bicyclic) bond motifs is 1. The van der Waals surface area contributed by atoms with Crippen molar-refractivity contribution in [1.82, 2.24) is 0 Å². The van der Waals surface area contributed by atoms with Gasteiger partial charge in [-0.15, -0.1) is 0 Å². The Kier molecular flexibility index (Phi) is 1.69. The van der Waals surface area contributed by atoms with Crippen LogP contribution in [0.4, 0.5) is 0 Å². The molecule has 2 nitrogen and oxygen atoms in total. The molecule has 2 rings (SSSR count). The Labute approximate surface area is 76.7 Å². The minimum atomic E-state index is 0.480. The Balaban J connectivity index is 2.81. The van der Waals surface area contributed by atoms with E-state index in [0.29, 0.717) is 11.5 Å². The van der Waals surface area contributed by atoms with Crippen molar-refractivity contribution in [3.8, 4) is 0 Å². The highest BCUT2D eigenvalue weighted by atomic mass is 16.3. The van der Waals surface area contributed by atoms with Gasteiger partial charge in [-0.25, -0.2) is 0 Å². The van der Waals surface area contributed by atoms with E-state index in [4.69, 9.17) is 9.83 Å². The topological polar surface area (TPSA) is 37.0 Å². The van der Waals surface area contributed by atoms with Gasteiger partial charge < -0.3 is 9.83 Å². The van der Waals surface area contributed by atoms with Gasteiger partial charge in [0.15, 0.2) is 5.76 Å². The van der Waals surface area contributed by atoms with Gasteiger partial charge >= 0.3 is 0 Å². The third-order valence-corrected chi connectivity index (χ3v) is 2.18. The SMILES string of the molecule is CC(=N)c1oc2ccccc2c1C. The molecule has 2 aromatic rings. The highest BCUT2D eigenvalue weighted by Gasteiger charge is 2.10. The Hall–Kier alpha value is -1.57. The predicted molar refractivity (Wildman–Crippen MR) is 53.5 cm³/mol. The van der Waals surface area contributed by atoms with E-state index in [1.165, 1.54) is 0 Å². The molecule has 1 aromatic heterocycles. The first-order valence-corrected chi connectivity index (χ1v) is 4.24. The highest BCUT2D eigenvalue weighted by Crippen LogP contribution is 2.24. The molecule has 0 aliphatic heterocycles. The van der Waals surface area contributed by atoms with Crippen LogP contribution in [-0.2, 0) is 0 Å². The molecule has 1 N–H and O–H groups in total. The summed E-state index contributed by atoms with van der Waals surface area (Å²) in [5.41, 5.74) is 2.40. The van der Waals surface area contributed by atoms with Crippen LogP contribution < -0.4 is 0 Å². The first-order chi connectivity index (χ1) is 6.20. The van der Waals surface area contributed by atoms with Gasteiger partial charge in [-0.3, -0.25) is 0 Å². The fraction of sp³-hybridized carbons (Fsp3) is 0.182. The van der Waals surface area contributed by atoms with Crippen molar-refractivity contribution in [1.29, 1.82) is 5.41 Å². The highest BCUT2D eigenvalue weighted by molar-refractivity contribution is 6.00. The van der Waals surface area contributed by atoms with Crippen LogP contribution in [0.3, 0.4) is 0 Å². The van der Waals surface area contributed by atoms with Crippen LogP contribution in [0, 0.1) is 12.3 Å². The van der Waals surface area contributed by atoms with E-state index in [1.807, 2.05) is 31.2 Å². The lowest BCUT2D eigenvalue weighted by Gasteiger charge is -1.91. The van der Waals surface area contributed by atoms with Gasteiger partial charge in [0, 0.05) is 10.9 Å². The summed E-state index contributed by atoms with van der Waals surface area (Å²) in [5, 5.41) is 8.62. The minimum absolute atomic E-state index is 0.480.